The van der Waals surface area contributed by atoms with Crippen LogP contribution in [0.4, 0.5) is 0 Å². The normalized spacial score (nSPS) is 28.7. The van der Waals surface area contributed by atoms with Gasteiger partial charge < -0.3 is 24.7 Å². The zero-order valence-electron chi connectivity index (χ0n) is 15.9. The number of nitrogens with one attached hydrogen (secondary N) is 2. The van der Waals surface area contributed by atoms with Crippen molar-refractivity contribution in [1.29, 1.82) is 0 Å². The molecule has 2 N–H and O–H groups in total. The smallest absolute Gasteiger partial charge is 0.220 e. The Hall–Kier alpha value is -2.02. The summed E-state index contributed by atoms with van der Waals surface area (Å²) in [6, 6.07) is 3.92. The van der Waals surface area contributed by atoms with Gasteiger partial charge in [-0.1, -0.05) is 0 Å². The van der Waals surface area contributed by atoms with Crippen LogP contribution >= 0.6 is 0 Å². The zero-order chi connectivity index (χ0) is 18.5. The third kappa shape index (κ3) is 4.64. The first kappa shape index (κ1) is 18.3. The minimum Gasteiger partial charge on any atom is -0.469 e. The van der Waals surface area contributed by atoms with Gasteiger partial charge in [0.1, 0.15) is 5.76 Å². The zero-order valence-corrected chi connectivity index (χ0v) is 15.9. The lowest BCUT2D eigenvalue weighted by molar-refractivity contribution is -0.119. The standard InChI is InChI=1S/C20H30N4O3/c25-18-11-20(14-23-18)6-2-8-24(15-20)19(22-12-16-5-10-26-13-16)21-7-4-17-3-1-9-27-17/h1,3,9,16H,2,4-8,10-15H2,(H,21,22)(H,23,25). The van der Waals surface area contributed by atoms with Gasteiger partial charge in [-0.3, -0.25) is 9.79 Å². The molecule has 7 heteroatoms. The SMILES string of the molecule is O=C1CC2(CCCN(C(=NCC3CCOC3)NCCc3ccco3)C2)CN1. The Morgan fingerprint density at radius 2 is 2.44 bits per heavy atom. The fraction of sp³-hybridized carbons (Fsp3) is 0.700. The summed E-state index contributed by atoms with van der Waals surface area (Å²) in [5.74, 6) is 2.64. The number of ether oxygens (including phenoxy) is 1. The maximum atomic E-state index is 11.8. The summed E-state index contributed by atoms with van der Waals surface area (Å²) in [5.41, 5.74) is 0.0647. The molecule has 2 unspecified atom stereocenters. The number of carbonyl (C=O) groups is 1. The largest absolute Gasteiger partial charge is 0.469 e. The van der Waals surface area contributed by atoms with Crippen LogP contribution in [0.2, 0.25) is 0 Å². The molecule has 2 atom stereocenters. The maximum Gasteiger partial charge on any atom is 0.220 e. The highest BCUT2D eigenvalue weighted by atomic mass is 16.5. The molecule has 0 aromatic carbocycles. The number of amides is 1. The van der Waals surface area contributed by atoms with Crippen LogP contribution < -0.4 is 10.6 Å². The van der Waals surface area contributed by atoms with Crippen molar-refractivity contribution in [3.63, 3.8) is 0 Å². The first-order valence-corrected chi connectivity index (χ1v) is 10.1. The molecule has 3 aliphatic rings. The molecule has 1 aromatic rings. The molecule has 1 aromatic heterocycles. The number of nitrogens with zero attached hydrogens (tertiary/aromatic N) is 2. The van der Waals surface area contributed by atoms with Crippen LogP contribution in [0.25, 0.3) is 0 Å². The van der Waals surface area contributed by atoms with E-state index in [9.17, 15) is 4.79 Å². The van der Waals surface area contributed by atoms with Crippen molar-refractivity contribution >= 4 is 11.9 Å². The third-order valence-electron chi connectivity index (χ3n) is 5.91. The fourth-order valence-electron chi connectivity index (χ4n) is 4.39. The van der Waals surface area contributed by atoms with Gasteiger partial charge >= 0.3 is 0 Å². The Morgan fingerprint density at radius 3 is 3.19 bits per heavy atom. The molecule has 148 valence electrons. The van der Waals surface area contributed by atoms with Gasteiger partial charge in [0.05, 0.1) is 12.9 Å². The number of guanidine groups is 1. The van der Waals surface area contributed by atoms with E-state index in [1.54, 1.807) is 6.26 Å². The molecule has 3 saturated heterocycles. The molecule has 7 nitrogen and oxygen atoms in total. The second-order valence-electron chi connectivity index (χ2n) is 8.13. The van der Waals surface area contributed by atoms with E-state index in [4.69, 9.17) is 14.1 Å². The molecule has 0 aliphatic carbocycles. The Morgan fingerprint density at radius 1 is 1.48 bits per heavy atom. The maximum absolute atomic E-state index is 11.8. The fourth-order valence-corrected chi connectivity index (χ4v) is 4.39. The molecule has 0 bridgehead atoms. The summed E-state index contributed by atoms with van der Waals surface area (Å²) >= 11 is 0. The van der Waals surface area contributed by atoms with Crippen LogP contribution in [0.15, 0.2) is 27.8 Å². The lowest BCUT2D eigenvalue weighted by atomic mass is 9.79. The Kier molecular flexibility index (Phi) is 5.66. The van der Waals surface area contributed by atoms with E-state index in [-0.39, 0.29) is 11.3 Å². The first-order chi connectivity index (χ1) is 13.2. The number of furan rings is 1. The molecule has 3 fully saturated rings. The lowest BCUT2D eigenvalue weighted by Crippen LogP contribution is -2.51. The van der Waals surface area contributed by atoms with Gasteiger partial charge in [0.15, 0.2) is 5.96 Å². The molecule has 1 spiro atoms. The first-order valence-electron chi connectivity index (χ1n) is 10.1. The minimum absolute atomic E-state index is 0.0647. The van der Waals surface area contributed by atoms with Gasteiger partial charge in [0.25, 0.3) is 0 Å². The van der Waals surface area contributed by atoms with Crippen LogP contribution in [0.1, 0.15) is 31.4 Å². The molecule has 3 aliphatic heterocycles. The van der Waals surface area contributed by atoms with Crippen LogP contribution in [-0.4, -0.2) is 62.7 Å². The van der Waals surface area contributed by atoms with Gasteiger partial charge in [-0.25, -0.2) is 0 Å². The Bertz CT molecular complexity index is 654. The molecule has 4 rings (SSSR count). The highest BCUT2D eigenvalue weighted by molar-refractivity contribution is 5.81. The summed E-state index contributed by atoms with van der Waals surface area (Å²) < 4.78 is 10.9. The van der Waals surface area contributed by atoms with E-state index in [1.165, 1.54) is 0 Å². The highest BCUT2D eigenvalue weighted by Gasteiger charge is 2.42. The van der Waals surface area contributed by atoms with E-state index in [0.29, 0.717) is 12.3 Å². The topological polar surface area (TPSA) is 79.1 Å². The Labute approximate surface area is 160 Å². The lowest BCUT2D eigenvalue weighted by Gasteiger charge is -2.41. The monoisotopic (exact) mass is 374 g/mol. The van der Waals surface area contributed by atoms with E-state index < -0.39 is 0 Å². The predicted molar refractivity (Wildman–Crippen MR) is 103 cm³/mol. The van der Waals surface area contributed by atoms with Gasteiger partial charge in [-0.2, -0.15) is 0 Å². The van der Waals surface area contributed by atoms with Gasteiger partial charge in [-0.05, 0) is 31.4 Å². The summed E-state index contributed by atoms with van der Waals surface area (Å²) in [6.45, 7) is 5.91. The van der Waals surface area contributed by atoms with Crippen molar-refractivity contribution < 1.29 is 13.9 Å². The predicted octanol–water partition coefficient (Wildman–Crippen LogP) is 1.41. The molecule has 0 saturated carbocycles. The number of piperidine rings is 1. The summed E-state index contributed by atoms with van der Waals surface area (Å²) in [4.78, 5) is 19.1. The van der Waals surface area contributed by atoms with Crippen molar-refractivity contribution in [2.75, 3.05) is 45.9 Å². The van der Waals surface area contributed by atoms with Gasteiger partial charge in [0.2, 0.25) is 5.91 Å². The number of hydrogen-bond donors (Lipinski definition) is 2. The second kappa shape index (κ2) is 8.33. The molecule has 0 radical (unpaired) electrons. The summed E-state index contributed by atoms with van der Waals surface area (Å²) in [6.07, 6.45) is 6.48. The molecular weight excluding hydrogens is 344 g/mol. The van der Waals surface area contributed by atoms with Crippen LogP contribution in [0, 0.1) is 11.3 Å². The van der Waals surface area contributed by atoms with E-state index in [0.717, 1.165) is 83.3 Å². The molecule has 1 amide bonds. The average Bonchev–Trinajstić information content (AvgIpc) is 3.42. The van der Waals surface area contributed by atoms with E-state index in [2.05, 4.69) is 15.5 Å². The third-order valence-corrected chi connectivity index (χ3v) is 5.91. The second-order valence-corrected chi connectivity index (χ2v) is 8.13. The van der Waals surface area contributed by atoms with Crippen LogP contribution in [-0.2, 0) is 16.0 Å². The van der Waals surface area contributed by atoms with Crippen LogP contribution in [0.5, 0.6) is 0 Å². The quantitative estimate of drug-likeness (QED) is 0.602. The molecule has 4 heterocycles. The van der Waals surface area contributed by atoms with Gasteiger partial charge in [0, 0.05) is 63.5 Å². The highest BCUT2D eigenvalue weighted by Crippen LogP contribution is 2.36. The van der Waals surface area contributed by atoms with Crippen molar-refractivity contribution in [3.05, 3.63) is 24.2 Å². The van der Waals surface area contributed by atoms with Crippen molar-refractivity contribution in [3.8, 4) is 0 Å². The molecular formula is C20H30N4O3. The number of likely N-dealkylation sites (tertiary alicyclic amines) is 1. The Balaban J connectivity index is 1.40. The van der Waals surface area contributed by atoms with Crippen molar-refractivity contribution in [2.24, 2.45) is 16.3 Å². The van der Waals surface area contributed by atoms with Crippen LogP contribution in [0.3, 0.4) is 0 Å². The van der Waals surface area contributed by atoms with Crippen molar-refractivity contribution in [2.45, 2.75) is 32.1 Å². The van der Waals surface area contributed by atoms with E-state index in [1.807, 2.05) is 12.1 Å². The summed E-state index contributed by atoms with van der Waals surface area (Å²) in [5, 5.41) is 6.56. The van der Waals surface area contributed by atoms with Gasteiger partial charge in [-0.15, -0.1) is 0 Å². The summed E-state index contributed by atoms with van der Waals surface area (Å²) in [7, 11) is 0. The van der Waals surface area contributed by atoms with Crippen molar-refractivity contribution in [1.82, 2.24) is 15.5 Å². The molecule has 27 heavy (non-hydrogen) atoms. The average molecular weight is 374 g/mol. The number of carbonyl (C=O) groups excluding carboxylic acids is 1. The number of hydrogen-bond acceptors (Lipinski definition) is 4. The number of aliphatic imine (C=N–C) groups is 1. The minimum atomic E-state index is 0.0647. The van der Waals surface area contributed by atoms with E-state index >= 15 is 0 Å². The number of rotatable bonds is 5.